The first kappa shape index (κ1) is 27.7. The van der Waals surface area contributed by atoms with Gasteiger partial charge in [-0.25, -0.2) is 9.48 Å². The van der Waals surface area contributed by atoms with Gasteiger partial charge in [-0.3, -0.25) is 4.79 Å². The van der Waals surface area contributed by atoms with E-state index in [4.69, 9.17) is 5.10 Å². The number of carboxylic acid groups (broad SMARTS) is 1. The Morgan fingerprint density at radius 1 is 1.23 bits per heavy atom. The van der Waals surface area contributed by atoms with Crippen LogP contribution in [0.3, 0.4) is 0 Å². The molecule has 8 heteroatoms. The number of hydrogen-bond donors (Lipinski definition) is 3. The number of ketones is 1. The number of carboxylic acids is 1. The zero-order valence-electron chi connectivity index (χ0n) is 23.6. The number of aliphatic hydroxyl groups is 2. The second-order valence-corrected chi connectivity index (χ2v) is 14.0. The predicted molar refractivity (Wildman–Crippen MR) is 156 cm³/mol. The lowest BCUT2D eigenvalue weighted by molar-refractivity contribution is -0.193. The van der Waals surface area contributed by atoms with E-state index in [1.807, 2.05) is 42.1 Å². The van der Waals surface area contributed by atoms with Gasteiger partial charge in [0.2, 0.25) is 0 Å². The standard InChI is InChI=1S/C32H40N2O5S/c1-30-16-20-18-33-34(22-7-4-6-19(14-22)26(35)8-5-13-40-3)25(20)15-21(30)9-10-23-24-11-12-32(39,29(37)38)31(24,2)17-27(36)28(23)30/h4,6-7,14-15,18,23-24,27-28,36,39H,5,8-13,16-17H2,1-3H3,(H,37,38)/t23-,24-,27-,28+,30-,31-,32-/m0/s1. The van der Waals surface area contributed by atoms with Gasteiger partial charge < -0.3 is 15.3 Å². The number of aliphatic hydroxyl groups excluding tert-OH is 1. The van der Waals surface area contributed by atoms with Crippen LogP contribution in [0.2, 0.25) is 0 Å². The molecule has 0 saturated heterocycles. The minimum Gasteiger partial charge on any atom is -0.479 e. The molecule has 0 amide bonds. The molecule has 7 nitrogen and oxygen atoms in total. The summed E-state index contributed by atoms with van der Waals surface area (Å²) in [6.07, 6.45) is 10.7. The zero-order valence-corrected chi connectivity index (χ0v) is 24.4. The molecule has 6 rings (SSSR count). The first-order valence-electron chi connectivity index (χ1n) is 14.6. The van der Waals surface area contributed by atoms with E-state index in [2.05, 4.69) is 19.3 Å². The van der Waals surface area contributed by atoms with Crippen molar-refractivity contribution in [3.8, 4) is 5.69 Å². The Kier molecular flexibility index (Phi) is 6.83. The molecule has 0 radical (unpaired) electrons. The van der Waals surface area contributed by atoms with Gasteiger partial charge in [0, 0.05) is 17.4 Å². The highest BCUT2D eigenvalue weighted by Crippen LogP contribution is 2.67. The number of thioether (sulfide) groups is 1. The molecule has 1 heterocycles. The fourth-order valence-electron chi connectivity index (χ4n) is 9.08. The van der Waals surface area contributed by atoms with Crippen molar-refractivity contribution in [3.63, 3.8) is 0 Å². The van der Waals surface area contributed by atoms with Crippen LogP contribution in [-0.2, 0) is 11.2 Å². The number of allylic oxidation sites excluding steroid dienone is 1. The Hall–Kier alpha value is -2.42. The van der Waals surface area contributed by atoms with Crippen molar-refractivity contribution in [2.75, 3.05) is 12.0 Å². The van der Waals surface area contributed by atoms with E-state index in [9.17, 15) is 24.9 Å². The Morgan fingerprint density at radius 3 is 2.77 bits per heavy atom. The van der Waals surface area contributed by atoms with E-state index in [-0.39, 0.29) is 35.4 Å². The summed E-state index contributed by atoms with van der Waals surface area (Å²) in [6, 6.07) is 7.73. The summed E-state index contributed by atoms with van der Waals surface area (Å²) >= 11 is 1.75. The molecule has 0 bridgehead atoms. The normalized spacial score (nSPS) is 36.2. The van der Waals surface area contributed by atoms with Crippen LogP contribution in [0.25, 0.3) is 11.8 Å². The maximum absolute atomic E-state index is 12.8. The highest BCUT2D eigenvalue weighted by atomic mass is 32.2. The largest absolute Gasteiger partial charge is 0.479 e. The highest BCUT2D eigenvalue weighted by molar-refractivity contribution is 7.98. The fourth-order valence-corrected chi connectivity index (χ4v) is 9.51. The quantitative estimate of drug-likeness (QED) is 0.314. The second kappa shape index (κ2) is 9.85. The third kappa shape index (κ3) is 3.97. The topological polar surface area (TPSA) is 113 Å². The van der Waals surface area contributed by atoms with Crippen molar-refractivity contribution in [2.24, 2.45) is 28.6 Å². The molecular formula is C32H40N2O5S. The average Bonchev–Trinajstić information content (AvgIpc) is 3.44. The van der Waals surface area contributed by atoms with Crippen LogP contribution in [0, 0.1) is 28.6 Å². The van der Waals surface area contributed by atoms with Crippen LogP contribution >= 0.6 is 11.8 Å². The van der Waals surface area contributed by atoms with Gasteiger partial charge in [-0.2, -0.15) is 16.9 Å². The van der Waals surface area contributed by atoms with Crippen molar-refractivity contribution in [1.82, 2.24) is 9.78 Å². The summed E-state index contributed by atoms with van der Waals surface area (Å²) in [5, 5.41) is 37.5. The molecule has 7 atom stereocenters. The summed E-state index contributed by atoms with van der Waals surface area (Å²) in [5.74, 6) is 0.199. The average molecular weight is 565 g/mol. The van der Waals surface area contributed by atoms with Gasteiger partial charge in [-0.15, -0.1) is 0 Å². The Balaban J connectivity index is 1.30. The molecule has 1 aromatic heterocycles. The number of hydrogen-bond acceptors (Lipinski definition) is 6. The Bertz CT molecular complexity index is 1390. The lowest BCUT2D eigenvalue weighted by Gasteiger charge is -2.60. The number of aliphatic carboxylic acids is 1. The zero-order chi connectivity index (χ0) is 28.4. The molecule has 4 aliphatic rings. The van der Waals surface area contributed by atoms with Crippen LogP contribution in [0.5, 0.6) is 0 Å². The van der Waals surface area contributed by atoms with E-state index < -0.39 is 23.1 Å². The molecule has 1 aromatic carbocycles. The van der Waals surface area contributed by atoms with E-state index in [0.29, 0.717) is 24.8 Å². The lowest BCUT2D eigenvalue weighted by Crippen LogP contribution is -2.61. The van der Waals surface area contributed by atoms with Crippen molar-refractivity contribution in [1.29, 1.82) is 0 Å². The molecule has 0 unspecified atom stereocenters. The molecule has 0 spiro atoms. The molecule has 3 fully saturated rings. The van der Waals surface area contributed by atoms with Crippen LogP contribution in [0.15, 0.2) is 36.0 Å². The fraction of sp³-hybridized carbons (Fsp3) is 0.594. The summed E-state index contributed by atoms with van der Waals surface area (Å²) in [7, 11) is 0. The van der Waals surface area contributed by atoms with E-state index >= 15 is 0 Å². The highest BCUT2D eigenvalue weighted by Gasteiger charge is 2.68. The number of fused-ring (bicyclic) bond motifs is 6. The lowest BCUT2D eigenvalue weighted by atomic mass is 9.45. The first-order chi connectivity index (χ1) is 19.0. The van der Waals surface area contributed by atoms with Gasteiger partial charge in [-0.05, 0) is 104 Å². The molecule has 214 valence electrons. The molecule has 3 N–H and O–H groups in total. The SMILES string of the molecule is CSCCCC(=O)c1cccc(-n2ncc3c2C=C2CC[C@@H]4[C@H]([C@@H](O)C[C@@]5(C)[C@H]4CC[C@]5(O)C(=O)O)[C@@]2(C)C3)c1. The Labute approximate surface area is 240 Å². The monoisotopic (exact) mass is 564 g/mol. The molecule has 3 saturated carbocycles. The second-order valence-electron chi connectivity index (χ2n) is 13.0. The van der Waals surface area contributed by atoms with Crippen molar-refractivity contribution in [3.05, 3.63) is 52.9 Å². The van der Waals surface area contributed by atoms with Gasteiger partial charge in [0.05, 0.1) is 23.7 Å². The smallest absolute Gasteiger partial charge is 0.336 e. The molecular weight excluding hydrogens is 524 g/mol. The predicted octanol–water partition coefficient (Wildman–Crippen LogP) is 5.17. The van der Waals surface area contributed by atoms with Crippen LogP contribution in [-0.4, -0.2) is 60.6 Å². The molecule has 40 heavy (non-hydrogen) atoms. The van der Waals surface area contributed by atoms with Gasteiger partial charge >= 0.3 is 5.97 Å². The summed E-state index contributed by atoms with van der Waals surface area (Å²) in [6.45, 7) is 4.14. The van der Waals surface area contributed by atoms with Gasteiger partial charge in [0.1, 0.15) is 0 Å². The number of nitrogens with zero attached hydrogens (tertiary/aromatic N) is 2. The summed E-state index contributed by atoms with van der Waals surface area (Å²) in [4.78, 5) is 24.9. The van der Waals surface area contributed by atoms with Crippen LogP contribution in [0.4, 0.5) is 0 Å². The molecule has 4 aliphatic carbocycles. The van der Waals surface area contributed by atoms with Gasteiger partial charge in [0.15, 0.2) is 11.4 Å². The van der Waals surface area contributed by atoms with E-state index in [0.717, 1.165) is 48.4 Å². The van der Waals surface area contributed by atoms with Crippen molar-refractivity contribution in [2.45, 2.75) is 76.9 Å². The van der Waals surface area contributed by atoms with Crippen LogP contribution < -0.4 is 0 Å². The van der Waals surface area contributed by atoms with Gasteiger partial charge in [-0.1, -0.05) is 31.6 Å². The summed E-state index contributed by atoms with van der Waals surface area (Å²) < 4.78 is 1.94. The van der Waals surface area contributed by atoms with E-state index in [1.165, 1.54) is 5.57 Å². The minimum absolute atomic E-state index is 0.000420. The Morgan fingerprint density at radius 2 is 2.02 bits per heavy atom. The summed E-state index contributed by atoms with van der Waals surface area (Å²) in [5.41, 5.74) is 2.17. The molecule has 2 aromatic rings. The number of aromatic nitrogens is 2. The maximum atomic E-state index is 12.8. The van der Waals surface area contributed by atoms with Crippen molar-refractivity contribution < 1.29 is 24.9 Å². The third-order valence-corrected chi connectivity index (χ3v) is 11.8. The van der Waals surface area contributed by atoms with E-state index in [1.54, 1.807) is 11.8 Å². The maximum Gasteiger partial charge on any atom is 0.336 e. The van der Waals surface area contributed by atoms with Crippen LogP contribution in [0.1, 0.15) is 80.4 Å². The number of benzene rings is 1. The third-order valence-electron chi connectivity index (χ3n) is 11.1. The number of carbonyl (C=O) groups excluding carboxylic acids is 1. The molecule has 0 aliphatic heterocycles. The number of rotatable bonds is 7. The van der Waals surface area contributed by atoms with Crippen molar-refractivity contribution >= 4 is 29.6 Å². The number of carbonyl (C=O) groups is 2. The van der Waals surface area contributed by atoms with Gasteiger partial charge in [0.25, 0.3) is 0 Å². The minimum atomic E-state index is -1.79. The first-order valence-corrected chi connectivity index (χ1v) is 16.0. The number of Topliss-reactive ketones (excluding diaryl/α,β-unsaturated/α-hetero) is 1.